The molecule has 10 nitrogen and oxygen atoms in total. The standard InChI is InChI=1S/C30H27N3O7/c1-6-38-24-11-9-23(10-12-24)33-27-13-7-21(29(36)17(2)31-39-19(4)34)15-25(27)26-16-22(8-14-28(26)33)30(37)18(3)32-40-20(5)35/h7-16H,6H2,1-5H3/b31-17+,32-18+. The third kappa shape index (κ3) is 5.80. The smallest absolute Gasteiger partial charge is 0.331 e. The lowest BCUT2D eigenvalue weighted by Crippen LogP contribution is -2.12. The summed E-state index contributed by atoms with van der Waals surface area (Å²) in [6, 6.07) is 18.0. The molecule has 1 aromatic heterocycles. The second-order valence-corrected chi connectivity index (χ2v) is 8.90. The van der Waals surface area contributed by atoms with Gasteiger partial charge in [0.25, 0.3) is 0 Å². The van der Waals surface area contributed by atoms with Crippen molar-refractivity contribution in [3.05, 3.63) is 71.8 Å². The van der Waals surface area contributed by atoms with E-state index in [4.69, 9.17) is 4.74 Å². The summed E-state index contributed by atoms with van der Waals surface area (Å²) in [6.07, 6.45) is 0. The molecule has 204 valence electrons. The number of rotatable bonds is 9. The van der Waals surface area contributed by atoms with E-state index in [1.165, 1.54) is 27.7 Å². The Kier molecular flexibility index (Phi) is 8.18. The van der Waals surface area contributed by atoms with E-state index in [-0.39, 0.29) is 11.4 Å². The molecular formula is C30H27N3O7. The fraction of sp³-hybridized carbons (Fsp3) is 0.200. The highest BCUT2D eigenvalue weighted by Crippen LogP contribution is 2.34. The molecule has 0 radical (unpaired) electrons. The van der Waals surface area contributed by atoms with Gasteiger partial charge in [-0.05, 0) is 81.4 Å². The average Bonchev–Trinajstić information content (AvgIpc) is 3.27. The fourth-order valence-corrected chi connectivity index (χ4v) is 4.21. The van der Waals surface area contributed by atoms with Gasteiger partial charge in [-0.25, -0.2) is 9.59 Å². The molecule has 0 aliphatic carbocycles. The van der Waals surface area contributed by atoms with Crippen LogP contribution >= 0.6 is 0 Å². The van der Waals surface area contributed by atoms with Crippen LogP contribution in [0.1, 0.15) is 55.3 Å². The predicted octanol–water partition coefficient (Wildman–Crippen LogP) is 5.43. The van der Waals surface area contributed by atoms with Crippen LogP contribution in [0.2, 0.25) is 0 Å². The van der Waals surface area contributed by atoms with Crippen LogP contribution < -0.4 is 4.74 Å². The topological polar surface area (TPSA) is 126 Å². The molecule has 0 spiro atoms. The molecule has 0 saturated heterocycles. The van der Waals surface area contributed by atoms with Crippen LogP contribution in [0.15, 0.2) is 71.0 Å². The normalized spacial score (nSPS) is 11.9. The quantitative estimate of drug-likeness (QED) is 0.120. The lowest BCUT2D eigenvalue weighted by molar-refractivity contribution is -0.141. The van der Waals surface area contributed by atoms with Crippen molar-refractivity contribution in [2.45, 2.75) is 34.6 Å². The minimum atomic E-state index is -0.634. The maximum atomic E-state index is 13.1. The van der Waals surface area contributed by atoms with Gasteiger partial charge in [0, 0.05) is 41.4 Å². The number of fused-ring (bicyclic) bond motifs is 3. The third-order valence-corrected chi connectivity index (χ3v) is 5.97. The summed E-state index contributed by atoms with van der Waals surface area (Å²) in [5.41, 5.74) is 3.12. The van der Waals surface area contributed by atoms with Crippen LogP contribution in [0.3, 0.4) is 0 Å². The van der Waals surface area contributed by atoms with Crippen LogP contribution in [0.5, 0.6) is 5.75 Å². The van der Waals surface area contributed by atoms with E-state index < -0.39 is 23.5 Å². The number of carbonyl (C=O) groups is 4. The Morgan fingerprint density at radius 1 is 0.675 bits per heavy atom. The van der Waals surface area contributed by atoms with Gasteiger partial charge in [0.15, 0.2) is 0 Å². The number of hydrogen-bond donors (Lipinski definition) is 0. The second-order valence-electron chi connectivity index (χ2n) is 8.90. The predicted molar refractivity (Wildman–Crippen MR) is 150 cm³/mol. The minimum Gasteiger partial charge on any atom is -0.494 e. The molecule has 0 unspecified atom stereocenters. The summed E-state index contributed by atoms with van der Waals surface area (Å²) in [5, 5.41) is 8.64. The summed E-state index contributed by atoms with van der Waals surface area (Å²) >= 11 is 0. The van der Waals surface area contributed by atoms with E-state index in [2.05, 4.69) is 20.0 Å². The number of carbonyl (C=O) groups excluding carboxylic acids is 4. The van der Waals surface area contributed by atoms with Crippen molar-refractivity contribution in [3.63, 3.8) is 0 Å². The summed E-state index contributed by atoms with van der Waals surface area (Å²) in [7, 11) is 0. The highest BCUT2D eigenvalue weighted by atomic mass is 16.7. The summed E-state index contributed by atoms with van der Waals surface area (Å²) < 4.78 is 7.60. The van der Waals surface area contributed by atoms with E-state index in [1.807, 2.05) is 47.9 Å². The lowest BCUT2D eigenvalue weighted by atomic mass is 10.0. The monoisotopic (exact) mass is 541 g/mol. The first-order chi connectivity index (χ1) is 19.1. The van der Waals surface area contributed by atoms with Gasteiger partial charge >= 0.3 is 11.9 Å². The number of benzene rings is 3. The van der Waals surface area contributed by atoms with E-state index in [0.29, 0.717) is 28.5 Å². The number of ketones is 2. The first-order valence-electron chi connectivity index (χ1n) is 12.5. The second kappa shape index (κ2) is 11.7. The van der Waals surface area contributed by atoms with Gasteiger partial charge in [-0.1, -0.05) is 10.3 Å². The maximum absolute atomic E-state index is 13.1. The van der Waals surface area contributed by atoms with Gasteiger partial charge in [-0.15, -0.1) is 0 Å². The molecule has 0 fully saturated rings. The van der Waals surface area contributed by atoms with Crippen molar-refractivity contribution in [1.82, 2.24) is 4.57 Å². The van der Waals surface area contributed by atoms with Crippen molar-refractivity contribution in [2.24, 2.45) is 10.3 Å². The molecule has 10 heteroatoms. The van der Waals surface area contributed by atoms with Gasteiger partial charge in [0.05, 0.1) is 17.6 Å². The fourth-order valence-electron chi connectivity index (χ4n) is 4.21. The third-order valence-electron chi connectivity index (χ3n) is 5.97. The molecule has 0 bridgehead atoms. The Balaban J connectivity index is 1.90. The molecule has 4 rings (SSSR count). The van der Waals surface area contributed by atoms with Gasteiger partial charge < -0.3 is 19.0 Å². The van der Waals surface area contributed by atoms with Crippen molar-refractivity contribution >= 4 is 56.7 Å². The van der Waals surface area contributed by atoms with E-state index in [1.54, 1.807) is 24.3 Å². The summed E-state index contributed by atoms with van der Waals surface area (Å²) in [5.74, 6) is -1.36. The molecule has 0 aliphatic rings. The first kappa shape index (κ1) is 27.9. The van der Waals surface area contributed by atoms with Gasteiger partial charge in [0.2, 0.25) is 11.6 Å². The van der Waals surface area contributed by atoms with Crippen molar-refractivity contribution < 1.29 is 33.6 Å². The zero-order valence-electron chi connectivity index (χ0n) is 22.7. The first-order valence-corrected chi connectivity index (χ1v) is 12.5. The number of aromatic nitrogens is 1. The molecule has 3 aromatic carbocycles. The zero-order chi connectivity index (χ0) is 29.0. The van der Waals surface area contributed by atoms with E-state index >= 15 is 0 Å². The molecule has 1 heterocycles. The van der Waals surface area contributed by atoms with Crippen LogP contribution in [-0.2, 0) is 19.3 Å². The summed E-state index contributed by atoms with van der Waals surface area (Å²) in [4.78, 5) is 57.6. The van der Waals surface area contributed by atoms with E-state index in [0.717, 1.165) is 22.5 Å². The molecule has 0 aliphatic heterocycles. The molecule has 4 aromatic rings. The molecule has 0 amide bonds. The number of hydrogen-bond acceptors (Lipinski definition) is 9. The Morgan fingerprint density at radius 2 is 1.12 bits per heavy atom. The average molecular weight is 542 g/mol. The maximum Gasteiger partial charge on any atom is 0.331 e. The number of ether oxygens (including phenoxy) is 1. The Hall–Kier alpha value is -5.12. The van der Waals surface area contributed by atoms with Gasteiger partial charge in [0.1, 0.15) is 17.2 Å². The summed E-state index contributed by atoms with van der Waals surface area (Å²) in [6.45, 7) is 7.77. The zero-order valence-corrected chi connectivity index (χ0v) is 22.7. The van der Waals surface area contributed by atoms with Gasteiger partial charge in [-0.2, -0.15) is 0 Å². The van der Waals surface area contributed by atoms with Crippen molar-refractivity contribution in [2.75, 3.05) is 6.61 Å². The van der Waals surface area contributed by atoms with Crippen LogP contribution in [-0.4, -0.2) is 46.1 Å². The number of oxime groups is 2. The number of Topliss-reactive ketones (excluding diaryl/α,β-unsaturated/α-hetero) is 2. The Bertz CT molecular complexity index is 1610. The van der Waals surface area contributed by atoms with Crippen molar-refractivity contribution in [3.8, 4) is 11.4 Å². The highest BCUT2D eigenvalue weighted by molar-refractivity contribution is 6.46. The largest absolute Gasteiger partial charge is 0.494 e. The van der Waals surface area contributed by atoms with Crippen LogP contribution in [0, 0.1) is 0 Å². The van der Waals surface area contributed by atoms with Crippen molar-refractivity contribution in [1.29, 1.82) is 0 Å². The Morgan fingerprint density at radius 3 is 1.52 bits per heavy atom. The molecular weight excluding hydrogens is 514 g/mol. The SMILES string of the molecule is CCOc1ccc(-n2c3ccc(C(=O)/C(C)=N/OC(C)=O)cc3c3cc(C(=O)/C(C)=N/OC(C)=O)ccc32)cc1. The van der Waals surface area contributed by atoms with Crippen LogP contribution in [0.4, 0.5) is 0 Å². The van der Waals surface area contributed by atoms with Crippen LogP contribution in [0.25, 0.3) is 27.5 Å². The molecule has 40 heavy (non-hydrogen) atoms. The molecule has 0 atom stereocenters. The highest BCUT2D eigenvalue weighted by Gasteiger charge is 2.19. The Labute approximate surface area is 229 Å². The molecule has 0 N–H and O–H groups in total. The minimum absolute atomic E-state index is 0.0120. The lowest BCUT2D eigenvalue weighted by Gasteiger charge is -2.10. The van der Waals surface area contributed by atoms with Gasteiger partial charge in [-0.3, -0.25) is 9.59 Å². The number of nitrogens with zero attached hydrogens (tertiary/aromatic N) is 3. The molecule has 0 saturated carbocycles. The van der Waals surface area contributed by atoms with E-state index in [9.17, 15) is 19.2 Å².